The summed E-state index contributed by atoms with van der Waals surface area (Å²) in [4.78, 5) is 2.45. The van der Waals surface area contributed by atoms with Crippen LogP contribution >= 0.6 is 0 Å². The quantitative estimate of drug-likeness (QED) is 0.292. The molecule has 0 bridgehead atoms. The molecular formula is C11H23N3O. The standard InChI is InChI=1S/C11H23N3O/c1-3-10(7-11(12)13-15)14(4-2)8-9-5-6-9/h9-10,15H,3-8H2,1-2H3,(H2,12,13). The monoisotopic (exact) mass is 213 g/mol. The van der Waals surface area contributed by atoms with Gasteiger partial charge in [-0.3, -0.25) is 4.90 Å². The smallest absolute Gasteiger partial charge is 0.140 e. The van der Waals surface area contributed by atoms with Crippen LogP contribution in [-0.2, 0) is 0 Å². The van der Waals surface area contributed by atoms with Crippen molar-refractivity contribution < 1.29 is 5.21 Å². The minimum atomic E-state index is 0.344. The molecule has 0 aromatic heterocycles. The molecule has 1 atom stereocenters. The molecule has 0 spiro atoms. The molecule has 4 heteroatoms. The van der Waals surface area contributed by atoms with Crippen LogP contribution < -0.4 is 5.73 Å². The molecule has 88 valence electrons. The van der Waals surface area contributed by atoms with Crippen LogP contribution in [0.2, 0.25) is 0 Å². The lowest BCUT2D eigenvalue weighted by Gasteiger charge is -2.29. The molecule has 1 rings (SSSR count). The minimum absolute atomic E-state index is 0.344. The molecule has 4 nitrogen and oxygen atoms in total. The number of oxime groups is 1. The van der Waals surface area contributed by atoms with E-state index in [1.54, 1.807) is 0 Å². The van der Waals surface area contributed by atoms with E-state index in [1.807, 2.05) is 0 Å². The molecule has 1 unspecified atom stereocenters. The molecule has 0 aliphatic heterocycles. The van der Waals surface area contributed by atoms with Gasteiger partial charge in [-0.2, -0.15) is 0 Å². The number of amidine groups is 1. The van der Waals surface area contributed by atoms with Gasteiger partial charge in [0.1, 0.15) is 5.84 Å². The van der Waals surface area contributed by atoms with Gasteiger partial charge in [-0.15, -0.1) is 0 Å². The van der Waals surface area contributed by atoms with Crippen LogP contribution in [0.1, 0.15) is 39.5 Å². The maximum absolute atomic E-state index is 8.57. The molecule has 0 heterocycles. The highest BCUT2D eigenvalue weighted by atomic mass is 16.4. The maximum atomic E-state index is 8.57. The summed E-state index contributed by atoms with van der Waals surface area (Å²) in [5.74, 6) is 1.24. The number of rotatable bonds is 7. The van der Waals surface area contributed by atoms with Gasteiger partial charge in [0.15, 0.2) is 0 Å². The zero-order valence-electron chi connectivity index (χ0n) is 9.82. The van der Waals surface area contributed by atoms with E-state index in [2.05, 4.69) is 23.9 Å². The molecule has 0 aromatic carbocycles. The van der Waals surface area contributed by atoms with E-state index in [0.717, 1.165) is 18.9 Å². The normalized spacial score (nSPS) is 19.5. The summed E-state index contributed by atoms with van der Waals surface area (Å²) >= 11 is 0. The van der Waals surface area contributed by atoms with Crippen molar-refractivity contribution in [3.63, 3.8) is 0 Å². The Morgan fingerprint density at radius 1 is 1.53 bits per heavy atom. The third kappa shape index (κ3) is 4.08. The largest absolute Gasteiger partial charge is 0.409 e. The van der Waals surface area contributed by atoms with E-state index >= 15 is 0 Å². The van der Waals surface area contributed by atoms with Crippen molar-refractivity contribution in [2.24, 2.45) is 16.8 Å². The van der Waals surface area contributed by atoms with Gasteiger partial charge in [0.25, 0.3) is 0 Å². The van der Waals surface area contributed by atoms with Crippen molar-refractivity contribution in [3.8, 4) is 0 Å². The molecular weight excluding hydrogens is 190 g/mol. The average molecular weight is 213 g/mol. The molecule has 1 aliphatic carbocycles. The molecule has 0 radical (unpaired) electrons. The second-order valence-electron chi connectivity index (χ2n) is 4.39. The number of hydrogen-bond donors (Lipinski definition) is 2. The summed E-state index contributed by atoms with van der Waals surface area (Å²) in [7, 11) is 0. The zero-order valence-corrected chi connectivity index (χ0v) is 9.82. The Labute approximate surface area is 92.1 Å². The third-order valence-corrected chi connectivity index (χ3v) is 3.16. The fraction of sp³-hybridized carbons (Fsp3) is 0.909. The Bertz CT molecular complexity index is 214. The van der Waals surface area contributed by atoms with Gasteiger partial charge >= 0.3 is 0 Å². The van der Waals surface area contributed by atoms with Gasteiger partial charge in [-0.25, -0.2) is 0 Å². The molecule has 0 aromatic rings. The van der Waals surface area contributed by atoms with E-state index in [-0.39, 0.29) is 0 Å². The molecule has 15 heavy (non-hydrogen) atoms. The van der Waals surface area contributed by atoms with Crippen LogP contribution in [0, 0.1) is 5.92 Å². The van der Waals surface area contributed by atoms with E-state index in [9.17, 15) is 0 Å². The van der Waals surface area contributed by atoms with Crippen molar-refractivity contribution in [3.05, 3.63) is 0 Å². The van der Waals surface area contributed by atoms with Gasteiger partial charge in [0, 0.05) is 19.0 Å². The Morgan fingerprint density at radius 3 is 2.60 bits per heavy atom. The van der Waals surface area contributed by atoms with Gasteiger partial charge in [0.05, 0.1) is 0 Å². The van der Waals surface area contributed by atoms with Gasteiger partial charge in [0.2, 0.25) is 0 Å². The summed E-state index contributed by atoms with van der Waals surface area (Å²) in [6.07, 6.45) is 4.47. The van der Waals surface area contributed by atoms with Crippen molar-refractivity contribution >= 4 is 5.84 Å². The first-order valence-electron chi connectivity index (χ1n) is 5.91. The van der Waals surface area contributed by atoms with Crippen molar-refractivity contribution in [1.29, 1.82) is 0 Å². The molecule has 1 aliphatic rings. The average Bonchev–Trinajstić information content (AvgIpc) is 3.06. The SMILES string of the molecule is CCC(CC(N)=NO)N(CC)CC1CC1. The van der Waals surface area contributed by atoms with Crippen LogP contribution in [0.4, 0.5) is 0 Å². The molecule has 1 fully saturated rings. The zero-order chi connectivity index (χ0) is 11.3. The third-order valence-electron chi connectivity index (χ3n) is 3.16. The number of nitrogens with two attached hydrogens (primary N) is 1. The van der Waals surface area contributed by atoms with Crippen molar-refractivity contribution in [2.75, 3.05) is 13.1 Å². The minimum Gasteiger partial charge on any atom is -0.409 e. The number of hydrogen-bond acceptors (Lipinski definition) is 3. The van der Waals surface area contributed by atoms with Gasteiger partial charge in [-0.05, 0) is 31.7 Å². The van der Waals surface area contributed by atoms with Gasteiger partial charge < -0.3 is 10.9 Å². The lowest BCUT2D eigenvalue weighted by atomic mass is 10.1. The molecule has 0 amide bonds. The Hall–Kier alpha value is -0.770. The highest BCUT2D eigenvalue weighted by Crippen LogP contribution is 2.30. The van der Waals surface area contributed by atoms with E-state index in [4.69, 9.17) is 10.9 Å². The fourth-order valence-electron chi connectivity index (χ4n) is 1.98. The summed E-state index contributed by atoms with van der Waals surface area (Å²) < 4.78 is 0. The summed E-state index contributed by atoms with van der Waals surface area (Å²) in [5.41, 5.74) is 5.56. The maximum Gasteiger partial charge on any atom is 0.140 e. The molecule has 1 saturated carbocycles. The predicted molar refractivity (Wildman–Crippen MR) is 62.1 cm³/mol. The van der Waals surface area contributed by atoms with E-state index < -0.39 is 0 Å². The van der Waals surface area contributed by atoms with Crippen molar-refractivity contribution in [1.82, 2.24) is 4.90 Å². The van der Waals surface area contributed by atoms with Gasteiger partial charge in [-0.1, -0.05) is 19.0 Å². The summed E-state index contributed by atoms with van der Waals surface area (Å²) in [6, 6.07) is 0.423. The molecule has 0 saturated heterocycles. The van der Waals surface area contributed by atoms with Crippen LogP contribution in [0.25, 0.3) is 0 Å². The summed E-state index contributed by atoms with van der Waals surface area (Å²) in [5, 5.41) is 11.6. The van der Waals surface area contributed by atoms with Crippen LogP contribution in [-0.4, -0.2) is 35.1 Å². The van der Waals surface area contributed by atoms with Crippen LogP contribution in [0.15, 0.2) is 5.16 Å². The first kappa shape index (κ1) is 12.3. The lowest BCUT2D eigenvalue weighted by Crippen LogP contribution is -2.39. The Balaban J connectivity index is 2.44. The number of nitrogens with zero attached hydrogens (tertiary/aromatic N) is 2. The highest BCUT2D eigenvalue weighted by molar-refractivity contribution is 5.80. The highest BCUT2D eigenvalue weighted by Gasteiger charge is 2.26. The van der Waals surface area contributed by atoms with E-state index in [1.165, 1.54) is 19.4 Å². The lowest BCUT2D eigenvalue weighted by molar-refractivity contribution is 0.195. The second-order valence-corrected chi connectivity index (χ2v) is 4.39. The Kier molecular flexibility index (Phi) is 4.88. The first-order chi connectivity index (χ1) is 7.21. The second kappa shape index (κ2) is 5.95. The first-order valence-corrected chi connectivity index (χ1v) is 5.91. The fourth-order valence-corrected chi connectivity index (χ4v) is 1.98. The van der Waals surface area contributed by atoms with Crippen LogP contribution in [0.3, 0.4) is 0 Å². The van der Waals surface area contributed by atoms with Crippen LogP contribution in [0.5, 0.6) is 0 Å². The Morgan fingerprint density at radius 2 is 2.20 bits per heavy atom. The predicted octanol–water partition coefficient (Wildman–Crippen LogP) is 1.63. The van der Waals surface area contributed by atoms with Crippen molar-refractivity contribution in [2.45, 2.75) is 45.6 Å². The van der Waals surface area contributed by atoms with E-state index in [0.29, 0.717) is 18.3 Å². The molecule has 3 N–H and O–H groups in total. The summed E-state index contributed by atoms with van der Waals surface area (Å²) in [6.45, 7) is 6.56. The topological polar surface area (TPSA) is 61.9 Å².